The quantitative estimate of drug-likeness (QED) is 0.584. The molecule has 78 valence electrons. The Labute approximate surface area is 102 Å². The maximum Gasteiger partial charge on any atom is 0.229 e. The molecule has 0 aliphatic rings. The van der Waals surface area contributed by atoms with E-state index in [0.29, 0.717) is 0 Å². The van der Waals surface area contributed by atoms with Crippen LogP contribution in [0.5, 0.6) is 0 Å². The van der Waals surface area contributed by atoms with Crippen LogP contribution < -0.4 is 0 Å². The summed E-state index contributed by atoms with van der Waals surface area (Å²) >= 11 is 3.18. The van der Waals surface area contributed by atoms with Crippen LogP contribution in [-0.2, 0) is 4.79 Å². The van der Waals surface area contributed by atoms with E-state index in [2.05, 4.69) is 11.8 Å². The molecule has 0 saturated heterocycles. The number of thiophene rings is 2. The average Bonchev–Trinajstić information content (AvgIpc) is 2.96. The second-order valence-corrected chi connectivity index (χ2v) is 4.58. The summed E-state index contributed by atoms with van der Waals surface area (Å²) in [4.78, 5) is 11.4. The summed E-state index contributed by atoms with van der Waals surface area (Å²) in [7, 11) is 0. The predicted octanol–water partition coefficient (Wildman–Crippen LogP) is 3.44. The van der Waals surface area contributed by atoms with E-state index in [4.69, 9.17) is 0 Å². The molecule has 2 aromatic rings. The Hall–Kier alpha value is -1.63. The van der Waals surface area contributed by atoms with Gasteiger partial charge < -0.3 is 0 Å². The van der Waals surface area contributed by atoms with Crippen LogP contribution in [0.25, 0.3) is 6.08 Å². The van der Waals surface area contributed by atoms with Gasteiger partial charge in [-0.15, -0.1) is 0 Å². The Morgan fingerprint density at radius 2 is 2.00 bits per heavy atom. The highest BCUT2D eigenvalue weighted by Crippen LogP contribution is 2.07. The first-order valence-corrected chi connectivity index (χ1v) is 6.51. The molecular formula is C13H8OS2. The number of ketones is 1. The van der Waals surface area contributed by atoms with Gasteiger partial charge in [0.15, 0.2) is 0 Å². The smallest absolute Gasteiger partial charge is 0.229 e. The molecule has 0 bridgehead atoms. The largest absolute Gasteiger partial charge is 0.280 e. The first kappa shape index (κ1) is 10.9. The fourth-order valence-electron chi connectivity index (χ4n) is 1.05. The maximum atomic E-state index is 11.4. The lowest BCUT2D eigenvalue weighted by molar-refractivity contribution is -0.109. The third-order valence-corrected chi connectivity index (χ3v) is 3.21. The first-order valence-electron chi connectivity index (χ1n) is 4.63. The summed E-state index contributed by atoms with van der Waals surface area (Å²) in [5, 5.41) is 7.82. The zero-order valence-corrected chi connectivity index (χ0v) is 9.98. The van der Waals surface area contributed by atoms with Crippen molar-refractivity contribution in [3.8, 4) is 11.8 Å². The van der Waals surface area contributed by atoms with Crippen molar-refractivity contribution in [1.82, 2.24) is 0 Å². The van der Waals surface area contributed by atoms with Crippen molar-refractivity contribution < 1.29 is 4.79 Å². The van der Waals surface area contributed by atoms with Crippen molar-refractivity contribution in [2.45, 2.75) is 0 Å². The highest BCUT2D eigenvalue weighted by Gasteiger charge is 1.90. The molecule has 0 N–H and O–H groups in total. The van der Waals surface area contributed by atoms with E-state index in [-0.39, 0.29) is 5.78 Å². The molecule has 3 heteroatoms. The van der Waals surface area contributed by atoms with E-state index >= 15 is 0 Å². The van der Waals surface area contributed by atoms with Crippen molar-refractivity contribution in [2.75, 3.05) is 0 Å². The number of hydrogen-bond donors (Lipinski definition) is 0. The lowest BCUT2D eigenvalue weighted by atomic mass is 10.2. The molecule has 0 amide bonds. The molecular weight excluding hydrogens is 236 g/mol. The van der Waals surface area contributed by atoms with E-state index in [1.54, 1.807) is 28.7 Å². The van der Waals surface area contributed by atoms with Crippen molar-refractivity contribution in [3.63, 3.8) is 0 Å². The van der Waals surface area contributed by atoms with Crippen LogP contribution >= 0.6 is 22.7 Å². The maximum absolute atomic E-state index is 11.4. The lowest BCUT2D eigenvalue weighted by Gasteiger charge is -1.81. The van der Waals surface area contributed by atoms with E-state index in [1.807, 2.05) is 33.7 Å². The number of carbonyl (C=O) groups is 1. The van der Waals surface area contributed by atoms with Gasteiger partial charge in [-0.2, -0.15) is 22.7 Å². The predicted molar refractivity (Wildman–Crippen MR) is 69.6 cm³/mol. The summed E-state index contributed by atoms with van der Waals surface area (Å²) in [6.45, 7) is 0. The summed E-state index contributed by atoms with van der Waals surface area (Å²) in [6.07, 6.45) is 3.28. The van der Waals surface area contributed by atoms with Gasteiger partial charge in [0.25, 0.3) is 0 Å². The fourth-order valence-corrected chi connectivity index (χ4v) is 2.27. The summed E-state index contributed by atoms with van der Waals surface area (Å²) < 4.78 is 0. The molecule has 2 aromatic heterocycles. The van der Waals surface area contributed by atoms with E-state index in [9.17, 15) is 4.79 Å². The monoisotopic (exact) mass is 244 g/mol. The molecule has 0 atom stereocenters. The van der Waals surface area contributed by atoms with Crippen LogP contribution in [0.3, 0.4) is 0 Å². The number of hydrogen-bond acceptors (Lipinski definition) is 3. The summed E-state index contributed by atoms with van der Waals surface area (Å²) in [6, 6.07) is 3.86. The Kier molecular flexibility index (Phi) is 3.71. The van der Waals surface area contributed by atoms with Crippen molar-refractivity contribution in [2.24, 2.45) is 0 Å². The zero-order chi connectivity index (χ0) is 11.2. The topological polar surface area (TPSA) is 17.1 Å². The fraction of sp³-hybridized carbons (Fsp3) is 0. The molecule has 0 spiro atoms. The minimum atomic E-state index is -0.169. The Bertz CT molecular complexity index is 537. The Morgan fingerprint density at radius 3 is 2.69 bits per heavy atom. The van der Waals surface area contributed by atoms with E-state index in [1.165, 1.54) is 6.08 Å². The van der Waals surface area contributed by atoms with Gasteiger partial charge in [-0.1, -0.05) is 5.92 Å². The first-order chi connectivity index (χ1) is 7.84. The average molecular weight is 244 g/mol. The van der Waals surface area contributed by atoms with Gasteiger partial charge in [-0.3, -0.25) is 4.79 Å². The Balaban J connectivity index is 1.99. The minimum absolute atomic E-state index is 0.169. The molecule has 2 rings (SSSR count). The molecule has 0 radical (unpaired) electrons. The van der Waals surface area contributed by atoms with Gasteiger partial charge in [-0.05, 0) is 51.9 Å². The molecule has 16 heavy (non-hydrogen) atoms. The second-order valence-electron chi connectivity index (χ2n) is 3.02. The van der Waals surface area contributed by atoms with Gasteiger partial charge in [0, 0.05) is 10.9 Å². The molecule has 2 heterocycles. The van der Waals surface area contributed by atoms with Crippen molar-refractivity contribution in [1.29, 1.82) is 0 Å². The summed E-state index contributed by atoms with van der Waals surface area (Å²) in [5.41, 5.74) is 1.93. The van der Waals surface area contributed by atoms with Gasteiger partial charge >= 0.3 is 0 Å². The molecule has 0 fully saturated rings. The van der Waals surface area contributed by atoms with E-state index in [0.717, 1.165) is 11.1 Å². The zero-order valence-electron chi connectivity index (χ0n) is 8.34. The molecule has 0 aliphatic heterocycles. The minimum Gasteiger partial charge on any atom is -0.280 e. The SMILES string of the molecule is O=C(C#Cc1ccsc1)/C=C/c1ccsc1. The molecule has 0 aliphatic carbocycles. The Morgan fingerprint density at radius 1 is 1.19 bits per heavy atom. The van der Waals surface area contributed by atoms with Crippen LogP contribution in [0.4, 0.5) is 0 Å². The van der Waals surface area contributed by atoms with Gasteiger partial charge in [0.05, 0.1) is 0 Å². The standard InChI is InChI=1S/C13H8OS2/c14-13(3-1-11-5-7-15-9-11)4-2-12-6-8-16-10-12/h1,3,5-10H/b3-1+. The van der Waals surface area contributed by atoms with Gasteiger partial charge in [-0.25, -0.2) is 0 Å². The van der Waals surface area contributed by atoms with Crippen LogP contribution in [0.1, 0.15) is 11.1 Å². The molecule has 0 saturated carbocycles. The van der Waals surface area contributed by atoms with Crippen LogP contribution in [0.2, 0.25) is 0 Å². The number of rotatable bonds is 2. The van der Waals surface area contributed by atoms with Crippen molar-refractivity contribution in [3.05, 3.63) is 50.9 Å². The van der Waals surface area contributed by atoms with Crippen molar-refractivity contribution >= 4 is 34.5 Å². The number of carbonyl (C=O) groups excluding carboxylic acids is 1. The highest BCUT2D eigenvalue weighted by atomic mass is 32.1. The van der Waals surface area contributed by atoms with E-state index < -0.39 is 0 Å². The molecule has 1 nitrogen and oxygen atoms in total. The normalized spacial score (nSPS) is 10.0. The third kappa shape index (κ3) is 3.20. The highest BCUT2D eigenvalue weighted by molar-refractivity contribution is 7.08. The van der Waals surface area contributed by atoms with Crippen LogP contribution in [0, 0.1) is 11.8 Å². The second kappa shape index (κ2) is 5.45. The lowest BCUT2D eigenvalue weighted by Crippen LogP contribution is -1.85. The van der Waals surface area contributed by atoms with Crippen LogP contribution in [0.15, 0.2) is 39.7 Å². The van der Waals surface area contributed by atoms with Gasteiger partial charge in [0.1, 0.15) is 0 Å². The number of allylic oxidation sites excluding steroid dienone is 1. The molecule has 0 aromatic carbocycles. The van der Waals surface area contributed by atoms with Crippen LogP contribution in [-0.4, -0.2) is 5.78 Å². The molecule has 0 unspecified atom stereocenters. The third-order valence-electron chi connectivity index (χ3n) is 1.82. The summed E-state index contributed by atoms with van der Waals surface area (Å²) in [5.74, 6) is 5.23. The van der Waals surface area contributed by atoms with Gasteiger partial charge in [0.2, 0.25) is 5.78 Å².